The molecule has 170 valence electrons. The van der Waals surface area contributed by atoms with E-state index in [0.717, 1.165) is 0 Å². The number of methoxy groups -OCH3 is 2. The van der Waals surface area contributed by atoms with Gasteiger partial charge in [-0.3, -0.25) is 14.5 Å². The molecule has 1 atom stereocenters. The molecule has 0 fully saturated rings. The van der Waals surface area contributed by atoms with E-state index in [1.165, 1.54) is 19.0 Å². The smallest absolute Gasteiger partial charge is 0.460 e. The van der Waals surface area contributed by atoms with Gasteiger partial charge in [-0.05, 0) is 30.7 Å². The van der Waals surface area contributed by atoms with Crippen LogP contribution in [0.2, 0.25) is 0 Å². The van der Waals surface area contributed by atoms with Gasteiger partial charge in [-0.1, -0.05) is 0 Å². The molecule has 1 aliphatic rings. The second kappa shape index (κ2) is 11.5. The van der Waals surface area contributed by atoms with Crippen molar-refractivity contribution in [2.75, 3.05) is 47.2 Å². The summed E-state index contributed by atoms with van der Waals surface area (Å²) in [4.78, 5) is 19.3. The van der Waals surface area contributed by atoms with E-state index < -0.39 is 19.1 Å². The van der Waals surface area contributed by atoms with Gasteiger partial charge in [0.1, 0.15) is 0 Å². The minimum atomic E-state index is -1.04. The quantitative estimate of drug-likeness (QED) is 0.242. The van der Waals surface area contributed by atoms with Crippen molar-refractivity contribution >= 4 is 25.3 Å². The normalized spacial score (nSPS) is 16.0. The molecule has 0 aliphatic carbocycles. The summed E-state index contributed by atoms with van der Waals surface area (Å²) in [6.45, 7) is 1.60. The summed E-state index contributed by atoms with van der Waals surface area (Å²) in [5, 5.41) is 34.0. The third-order valence-corrected chi connectivity index (χ3v) is 4.82. The number of benzene rings is 1. The van der Waals surface area contributed by atoms with E-state index >= 15 is 0 Å². The number of carboxylic acids is 1. The molecule has 0 aromatic heterocycles. The van der Waals surface area contributed by atoms with Gasteiger partial charge in [-0.25, -0.2) is 5.01 Å². The number of nitrogens with two attached hydrogens (primary N) is 1. The molecule has 0 radical (unpaired) electrons. The highest BCUT2D eigenvalue weighted by atomic mass is 16.5. The van der Waals surface area contributed by atoms with Crippen LogP contribution in [0.1, 0.15) is 12.5 Å². The molecule has 0 saturated heterocycles. The van der Waals surface area contributed by atoms with E-state index in [9.17, 15) is 20.1 Å². The van der Waals surface area contributed by atoms with Gasteiger partial charge in [-0.15, -0.1) is 0 Å². The Morgan fingerprint density at radius 2 is 1.97 bits per heavy atom. The minimum Gasteiger partial charge on any atom is -0.493 e. The molecule has 31 heavy (non-hydrogen) atoms. The highest BCUT2D eigenvalue weighted by molar-refractivity contribution is 6.53. The van der Waals surface area contributed by atoms with E-state index in [2.05, 4.69) is 10.0 Å². The number of aliphatic hydroxyl groups excluding tert-OH is 2. The number of ether oxygens (including phenoxy) is 2. The maximum Gasteiger partial charge on any atom is 0.460 e. The highest BCUT2D eigenvalue weighted by Gasteiger charge is 2.41. The number of aliphatic carboxylic acids is 1. The Bertz CT molecular complexity index is 804. The number of carbonyl (C=O) groups is 1. The maximum absolute atomic E-state index is 11.7. The molecule has 12 nitrogen and oxygen atoms in total. The predicted octanol–water partition coefficient (Wildman–Crippen LogP) is -1.33. The topological polar surface area (TPSA) is 157 Å². The van der Waals surface area contributed by atoms with E-state index in [1.54, 1.807) is 41.1 Å². The van der Waals surface area contributed by atoms with E-state index in [-0.39, 0.29) is 38.9 Å². The minimum absolute atomic E-state index is 0.0462. The Morgan fingerprint density at radius 3 is 2.52 bits per heavy atom. The van der Waals surface area contributed by atoms with Crippen molar-refractivity contribution in [3.8, 4) is 11.5 Å². The summed E-state index contributed by atoms with van der Waals surface area (Å²) in [6.07, 6.45) is 1.55. The Morgan fingerprint density at radius 1 is 1.32 bits per heavy atom. The number of hydrazone groups is 1. The zero-order chi connectivity index (χ0) is 23.0. The molecule has 1 aliphatic heterocycles. The van der Waals surface area contributed by atoms with Crippen LogP contribution in [0.4, 0.5) is 0 Å². The Balaban J connectivity index is 2.32. The fraction of sp³-hybridized carbons (Fsp3) is 0.500. The summed E-state index contributed by atoms with van der Waals surface area (Å²) in [5.41, 5.74) is 6.81. The molecule has 0 saturated carbocycles. The third-order valence-electron chi connectivity index (χ3n) is 4.82. The monoisotopic (exact) mass is 436 g/mol. The molecular weight excluding hydrogens is 407 g/mol. The number of nitrogens with zero attached hydrogens (tertiary/aromatic N) is 5. The van der Waals surface area contributed by atoms with E-state index in [1.807, 2.05) is 0 Å². The van der Waals surface area contributed by atoms with Crippen LogP contribution in [-0.2, 0) is 4.79 Å². The van der Waals surface area contributed by atoms with Crippen molar-refractivity contribution in [1.82, 2.24) is 14.6 Å². The molecule has 0 spiro atoms. The standard InChI is InChI=1S/C18H29BN6O6/c1-13(17(28)29)24-12-25(18(20)22-19(24)23(6-8-26)7-9-27)21-11-14-4-5-15(30-2)16(10-14)31-3/h4-5,10-11,13,26-27H,6-9,12H2,1-3H3,(H2,20,22)(H,28,29). The van der Waals surface area contributed by atoms with Crippen molar-refractivity contribution in [2.45, 2.75) is 13.0 Å². The second-order valence-electron chi connectivity index (χ2n) is 6.75. The van der Waals surface area contributed by atoms with Crippen molar-refractivity contribution in [1.29, 1.82) is 0 Å². The average molecular weight is 436 g/mol. The second-order valence-corrected chi connectivity index (χ2v) is 6.75. The van der Waals surface area contributed by atoms with Gasteiger partial charge in [0.15, 0.2) is 11.5 Å². The number of carboxylic acid groups (broad SMARTS) is 1. The van der Waals surface area contributed by atoms with Crippen LogP contribution in [0.15, 0.2) is 28.2 Å². The Labute approximate surface area is 181 Å². The van der Waals surface area contributed by atoms with Crippen LogP contribution in [0, 0.1) is 0 Å². The lowest BCUT2D eigenvalue weighted by Gasteiger charge is -2.41. The molecule has 1 unspecified atom stereocenters. The number of hydrogen-bond donors (Lipinski definition) is 4. The largest absolute Gasteiger partial charge is 0.493 e. The summed E-state index contributed by atoms with van der Waals surface area (Å²) >= 11 is 0. The van der Waals surface area contributed by atoms with Crippen molar-refractivity contribution in [3.63, 3.8) is 0 Å². The van der Waals surface area contributed by atoms with Crippen LogP contribution < -0.4 is 15.2 Å². The summed E-state index contributed by atoms with van der Waals surface area (Å²) < 4.78 is 10.5. The zero-order valence-electron chi connectivity index (χ0n) is 17.9. The lowest BCUT2D eigenvalue weighted by Crippen LogP contribution is -2.65. The van der Waals surface area contributed by atoms with Crippen LogP contribution in [0.25, 0.3) is 0 Å². The van der Waals surface area contributed by atoms with Crippen LogP contribution in [0.5, 0.6) is 11.5 Å². The SMILES string of the molecule is COc1ccc(C=NN2CN(C(C)C(=O)O)B(N(CCO)CCO)N=C2N)cc1OC. The zero-order valence-corrected chi connectivity index (χ0v) is 17.9. The summed E-state index contributed by atoms with van der Waals surface area (Å²) in [5.74, 6) is 0.154. The first kappa shape index (κ1) is 24.4. The predicted molar refractivity (Wildman–Crippen MR) is 116 cm³/mol. The van der Waals surface area contributed by atoms with Crippen molar-refractivity contribution in [2.24, 2.45) is 15.7 Å². The fourth-order valence-electron chi connectivity index (χ4n) is 3.08. The number of hydrogen-bond acceptors (Lipinski definition) is 11. The van der Waals surface area contributed by atoms with Gasteiger partial charge < -0.3 is 35.3 Å². The van der Waals surface area contributed by atoms with Gasteiger partial charge in [0.05, 0.1) is 46.4 Å². The lowest BCUT2D eigenvalue weighted by atomic mass is 9.85. The van der Waals surface area contributed by atoms with Gasteiger partial charge in [0, 0.05) is 13.1 Å². The van der Waals surface area contributed by atoms with Crippen LogP contribution >= 0.6 is 0 Å². The van der Waals surface area contributed by atoms with E-state index in [0.29, 0.717) is 17.1 Å². The van der Waals surface area contributed by atoms with Crippen molar-refractivity contribution < 1.29 is 29.6 Å². The molecule has 1 aromatic carbocycles. The molecule has 0 bridgehead atoms. The molecule has 2 rings (SSSR count). The summed E-state index contributed by atoms with van der Waals surface area (Å²) in [6, 6.07) is 4.35. The molecule has 5 N–H and O–H groups in total. The first-order chi connectivity index (χ1) is 14.9. The molecular formula is C18H29BN6O6. The van der Waals surface area contributed by atoms with Gasteiger partial charge in [0.2, 0.25) is 5.96 Å². The van der Waals surface area contributed by atoms with Crippen LogP contribution in [0.3, 0.4) is 0 Å². The van der Waals surface area contributed by atoms with E-state index in [4.69, 9.17) is 15.2 Å². The third kappa shape index (κ3) is 6.07. The number of guanidine groups is 1. The molecule has 1 heterocycles. The fourth-order valence-corrected chi connectivity index (χ4v) is 3.08. The molecule has 13 heteroatoms. The number of rotatable bonds is 11. The summed E-state index contributed by atoms with van der Waals surface area (Å²) in [7, 11) is 2.31. The number of aliphatic hydroxyl groups is 2. The van der Waals surface area contributed by atoms with Gasteiger partial charge in [-0.2, -0.15) is 5.10 Å². The van der Waals surface area contributed by atoms with Gasteiger partial charge >= 0.3 is 13.1 Å². The first-order valence-electron chi connectivity index (χ1n) is 9.67. The van der Waals surface area contributed by atoms with Crippen molar-refractivity contribution in [3.05, 3.63) is 23.8 Å². The maximum atomic E-state index is 11.7. The molecule has 0 amide bonds. The Kier molecular flexibility index (Phi) is 9.06. The molecule has 1 aromatic rings. The first-order valence-corrected chi connectivity index (χ1v) is 9.67. The average Bonchev–Trinajstić information content (AvgIpc) is 2.77. The van der Waals surface area contributed by atoms with Gasteiger partial charge in [0.25, 0.3) is 0 Å². The highest BCUT2D eigenvalue weighted by Crippen LogP contribution is 2.27. The lowest BCUT2D eigenvalue weighted by molar-refractivity contribution is -0.141. The Hall–Kier alpha value is -2.87. The van der Waals surface area contributed by atoms with Crippen LogP contribution in [-0.4, -0.2) is 108 Å².